The van der Waals surface area contributed by atoms with E-state index in [9.17, 15) is 4.79 Å². The van der Waals surface area contributed by atoms with E-state index in [2.05, 4.69) is 27.3 Å². The molecule has 1 atom stereocenters. The zero-order valence-electron chi connectivity index (χ0n) is 14.8. The molecule has 0 aromatic carbocycles. The Morgan fingerprint density at radius 1 is 1.42 bits per heavy atom. The molecule has 26 heavy (non-hydrogen) atoms. The summed E-state index contributed by atoms with van der Waals surface area (Å²) < 4.78 is 7.42. The minimum absolute atomic E-state index is 0.0992. The van der Waals surface area contributed by atoms with E-state index in [0.717, 1.165) is 29.8 Å². The molecular weight excluding hydrogens is 330 g/mol. The lowest BCUT2D eigenvalue weighted by atomic mass is 9.93. The van der Waals surface area contributed by atoms with E-state index in [1.807, 2.05) is 26.2 Å². The molecule has 7 heteroatoms. The van der Waals surface area contributed by atoms with Crippen LogP contribution >= 0.6 is 0 Å². The highest BCUT2D eigenvalue weighted by Gasteiger charge is 2.16. The summed E-state index contributed by atoms with van der Waals surface area (Å²) in [5.74, 6) is 0. The Bertz CT molecular complexity index is 853. The highest BCUT2D eigenvalue weighted by Crippen LogP contribution is 2.25. The van der Waals surface area contributed by atoms with Crippen molar-refractivity contribution in [1.29, 1.82) is 0 Å². The van der Waals surface area contributed by atoms with Gasteiger partial charge in [0.2, 0.25) is 0 Å². The number of hydrogen-bond acceptors (Lipinski definition) is 6. The molecule has 2 aromatic rings. The summed E-state index contributed by atoms with van der Waals surface area (Å²) in [5.41, 5.74) is 4.20. The van der Waals surface area contributed by atoms with Crippen molar-refractivity contribution in [2.24, 2.45) is 12.1 Å². The number of anilines is 1. The second kappa shape index (κ2) is 8.24. The van der Waals surface area contributed by atoms with Crippen LogP contribution in [0.2, 0.25) is 0 Å². The third-order valence-electron chi connectivity index (χ3n) is 4.14. The van der Waals surface area contributed by atoms with Crippen molar-refractivity contribution in [2.75, 3.05) is 5.01 Å². The Kier molecular flexibility index (Phi) is 5.58. The standard InChI is InChI=1S/C19H21N5O2/c1-15(16-6-7-19-17(11-16)5-3-8-20-19)26-14-22-24(9-4-10-25)18-12-21-23(2)13-18/h3-5,8-15H,6-7H2,1-2H3/b9-4-,22-14+. The molecule has 0 radical (unpaired) electrons. The van der Waals surface area contributed by atoms with Gasteiger partial charge in [0.25, 0.3) is 0 Å². The second-order valence-electron chi connectivity index (χ2n) is 5.95. The van der Waals surface area contributed by atoms with Gasteiger partial charge in [-0.15, -0.1) is 5.10 Å². The SMILES string of the molecule is CC(O/C=N/N(/C=C\C=O)c1cnn(C)c1)C1=Cc2cccnc2CC1. The summed E-state index contributed by atoms with van der Waals surface area (Å²) in [6.45, 7) is 1.99. The summed E-state index contributed by atoms with van der Waals surface area (Å²) in [6.07, 6.45) is 14.1. The van der Waals surface area contributed by atoms with Gasteiger partial charge in [-0.25, -0.2) is 5.01 Å². The van der Waals surface area contributed by atoms with Crippen molar-refractivity contribution in [1.82, 2.24) is 14.8 Å². The molecular formula is C19H21N5O2. The number of ether oxygens (including phenoxy) is 1. The number of aldehydes is 1. The number of pyridine rings is 1. The summed E-state index contributed by atoms with van der Waals surface area (Å²) in [4.78, 5) is 15.0. The number of hydrazone groups is 1. The second-order valence-corrected chi connectivity index (χ2v) is 5.95. The van der Waals surface area contributed by atoms with Gasteiger partial charge >= 0.3 is 0 Å². The van der Waals surface area contributed by atoms with Crippen molar-refractivity contribution in [3.8, 4) is 0 Å². The summed E-state index contributed by atoms with van der Waals surface area (Å²) in [6, 6.07) is 4.01. The van der Waals surface area contributed by atoms with Crippen molar-refractivity contribution < 1.29 is 9.53 Å². The number of carbonyl (C=O) groups excluding carboxylic acids is 1. The van der Waals surface area contributed by atoms with E-state index in [1.54, 1.807) is 23.3 Å². The molecule has 0 spiro atoms. The summed E-state index contributed by atoms with van der Waals surface area (Å²) in [5, 5.41) is 9.91. The first kappa shape index (κ1) is 17.6. The number of aromatic nitrogens is 3. The van der Waals surface area contributed by atoms with Crippen molar-refractivity contribution >= 4 is 24.5 Å². The lowest BCUT2D eigenvalue weighted by molar-refractivity contribution is -0.104. The van der Waals surface area contributed by atoms with Crippen LogP contribution in [0.5, 0.6) is 0 Å². The molecule has 2 heterocycles. The number of nitrogens with zero attached hydrogens (tertiary/aromatic N) is 5. The molecule has 0 bridgehead atoms. The van der Waals surface area contributed by atoms with Crippen LogP contribution in [-0.2, 0) is 23.0 Å². The summed E-state index contributed by atoms with van der Waals surface area (Å²) in [7, 11) is 1.82. The molecule has 2 aromatic heterocycles. The van der Waals surface area contributed by atoms with E-state index in [0.29, 0.717) is 6.29 Å². The van der Waals surface area contributed by atoms with Gasteiger partial charge in [0.05, 0.1) is 12.4 Å². The Balaban J connectivity index is 1.67. The van der Waals surface area contributed by atoms with Crippen LogP contribution in [0.4, 0.5) is 5.69 Å². The van der Waals surface area contributed by atoms with Crippen molar-refractivity contribution in [3.05, 3.63) is 59.8 Å². The van der Waals surface area contributed by atoms with E-state index in [4.69, 9.17) is 4.74 Å². The average Bonchev–Trinajstić information content (AvgIpc) is 3.10. The average molecular weight is 351 g/mol. The fourth-order valence-electron chi connectivity index (χ4n) is 2.74. The smallest absolute Gasteiger partial charge is 0.194 e. The monoisotopic (exact) mass is 351 g/mol. The van der Waals surface area contributed by atoms with Crippen molar-refractivity contribution in [3.63, 3.8) is 0 Å². The number of aryl methyl sites for hydroxylation is 2. The van der Waals surface area contributed by atoms with Crippen LogP contribution in [0.15, 0.2) is 53.7 Å². The first-order valence-electron chi connectivity index (χ1n) is 8.39. The molecule has 1 aliphatic rings. The van der Waals surface area contributed by atoms with Crippen LogP contribution in [0.25, 0.3) is 6.08 Å². The highest BCUT2D eigenvalue weighted by atomic mass is 16.5. The molecule has 0 saturated heterocycles. The Morgan fingerprint density at radius 3 is 3.08 bits per heavy atom. The number of hydrogen-bond donors (Lipinski definition) is 0. The van der Waals surface area contributed by atoms with Gasteiger partial charge in [-0.05, 0) is 43.0 Å². The first-order valence-corrected chi connectivity index (χ1v) is 8.39. The molecule has 0 N–H and O–H groups in total. The van der Waals surface area contributed by atoms with E-state index in [1.165, 1.54) is 23.1 Å². The molecule has 7 nitrogen and oxygen atoms in total. The normalized spacial score (nSPS) is 14.9. The third-order valence-corrected chi connectivity index (χ3v) is 4.14. The molecule has 1 aliphatic carbocycles. The maximum Gasteiger partial charge on any atom is 0.194 e. The van der Waals surface area contributed by atoms with Crippen LogP contribution < -0.4 is 5.01 Å². The van der Waals surface area contributed by atoms with E-state index < -0.39 is 0 Å². The zero-order valence-corrected chi connectivity index (χ0v) is 14.8. The van der Waals surface area contributed by atoms with Gasteiger partial charge in [-0.2, -0.15) is 5.10 Å². The van der Waals surface area contributed by atoms with Crippen LogP contribution in [0.3, 0.4) is 0 Å². The minimum atomic E-state index is -0.0992. The minimum Gasteiger partial charge on any atom is -0.474 e. The van der Waals surface area contributed by atoms with Gasteiger partial charge in [0, 0.05) is 25.1 Å². The molecule has 0 fully saturated rings. The molecule has 0 aliphatic heterocycles. The fraction of sp³-hybridized carbons (Fsp3) is 0.263. The quantitative estimate of drug-likeness (QED) is 0.252. The van der Waals surface area contributed by atoms with E-state index in [-0.39, 0.29) is 6.10 Å². The number of allylic oxidation sites excluding steroid dienone is 1. The largest absolute Gasteiger partial charge is 0.474 e. The van der Waals surface area contributed by atoms with Gasteiger partial charge in [0.1, 0.15) is 18.1 Å². The lowest BCUT2D eigenvalue weighted by Gasteiger charge is -2.20. The van der Waals surface area contributed by atoms with Gasteiger partial charge in [-0.1, -0.05) is 12.1 Å². The summed E-state index contributed by atoms with van der Waals surface area (Å²) >= 11 is 0. The van der Waals surface area contributed by atoms with Gasteiger partial charge < -0.3 is 4.74 Å². The molecule has 3 rings (SSSR count). The maximum absolute atomic E-state index is 10.6. The first-order chi connectivity index (χ1) is 12.7. The lowest BCUT2D eigenvalue weighted by Crippen LogP contribution is -2.16. The Hall–Kier alpha value is -3.22. The molecule has 134 valence electrons. The predicted molar refractivity (Wildman–Crippen MR) is 100 cm³/mol. The molecule has 0 amide bonds. The topological polar surface area (TPSA) is 72.6 Å². The Labute approximate surface area is 152 Å². The number of rotatable bonds is 7. The van der Waals surface area contributed by atoms with Crippen LogP contribution in [0.1, 0.15) is 24.6 Å². The number of carbonyl (C=O) groups is 1. The van der Waals surface area contributed by atoms with Gasteiger partial charge in [-0.3, -0.25) is 14.5 Å². The zero-order chi connectivity index (χ0) is 18.4. The predicted octanol–water partition coefficient (Wildman–Crippen LogP) is 2.71. The fourth-order valence-corrected chi connectivity index (χ4v) is 2.74. The van der Waals surface area contributed by atoms with Crippen molar-refractivity contribution in [2.45, 2.75) is 25.9 Å². The highest BCUT2D eigenvalue weighted by molar-refractivity contribution is 5.66. The molecule has 0 saturated carbocycles. The van der Waals surface area contributed by atoms with E-state index >= 15 is 0 Å². The maximum atomic E-state index is 10.6. The van der Waals surface area contributed by atoms with Crippen LogP contribution in [0, 0.1) is 0 Å². The van der Waals surface area contributed by atoms with Crippen LogP contribution in [-0.4, -0.2) is 33.6 Å². The van der Waals surface area contributed by atoms with Gasteiger partial charge in [0.15, 0.2) is 6.40 Å². The Morgan fingerprint density at radius 2 is 2.31 bits per heavy atom. The number of fused-ring (bicyclic) bond motifs is 1. The third kappa shape index (κ3) is 4.24. The molecule has 1 unspecified atom stereocenters.